The molecule has 0 spiro atoms. The van der Waals surface area contributed by atoms with Gasteiger partial charge in [0.1, 0.15) is 54.6 Å². The number of nitrogens with zero attached hydrogens (tertiary/aromatic N) is 1. The van der Waals surface area contributed by atoms with Crippen molar-refractivity contribution in [3.8, 4) is 5.75 Å². The van der Waals surface area contributed by atoms with Crippen molar-refractivity contribution in [1.29, 1.82) is 0 Å². The van der Waals surface area contributed by atoms with Gasteiger partial charge in [0.2, 0.25) is 6.29 Å². The van der Waals surface area contributed by atoms with Gasteiger partial charge in [-0.05, 0) is 12.1 Å². The first kappa shape index (κ1) is 24.7. The van der Waals surface area contributed by atoms with Crippen molar-refractivity contribution < 1.29 is 59.6 Å². The Kier molecular flexibility index (Phi) is 7.94. The van der Waals surface area contributed by atoms with Gasteiger partial charge < -0.3 is 54.7 Å². The van der Waals surface area contributed by atoms with Crippen LogP contribution in [0, 0.1) is 10.1 Å². The molecule has 0 saturated carbocycles. The van der Waals surface area contributed by atoms with Crippen LogP contribution < -0.4 is 4.74 Å². The molecule has 0 radical (unpaired) electrons. The predicted octanol–water partition coefficient (Wildman–Crippen LogP) is -3.40. The second-order valence-corrected chi connectivity index (χ2v) is 7.37. The van der Waals surface area contributed by atoms with Gasteiger partial charge in [0.15, 0.2) is 6.29 Å². The molecule has 14 nitrogen and oxygen atoms in total. The van der Waals surface area contributed by atoms with E-state index in [0.29, 0.717) is 0 Å². The van der Waals surface area contributed by atoms with E-state index in [-0.39, 0.29) is 11.4 Å². The third-order valence-corrected chi connectivity index (χ3v) is 5.26. The molecule has 14 heteroatoms. The summed E-state index contributed by atoms with van der Waals surface area (Å²) in [6, 6.07) is 4.83. The molecule has 0 bridgehead atoms. The van der Waals surface area contributed by atoms with Crippen molar-refractivity contribution in [3.05, 3.63) is 34.4 Å². The largest absolute Gasteiger partial charge is 0.462 e. The minimum absolute atomic E-state index is 0.0804. The number of aliphatic hydroxyl groups excluding tert-OH is 7. The van der Waals surface area contributed by atoms with Crippen molar-refractivity contribution in [2.24, 2.45) is 0 Å². The smallest absolute Gasteiger partial charge is 0.269 e. The Bertz CT molecular complexity index is 760. The van der Waals surface area contributed by atoms with Crippen LogP contribution in [0.15, 0.2) is 24.3 Å². The third-order valence-electron chi connectivity index (χ3n) is 5.26. The highest BCUT2D eigenvalue weighted by Gasteiger charge is 2.51. The molecule has 2 heterocycles. The number of benzene rings is 1. The lowest BCUT2D eigenvalue weighted by atomic mass is 9.97. The van der Waals surface area contributed by atoms with Gasteiger partial charge in [0.25, 0.3) is 5.69 Å². The molecule has 0 unspecified atom stereocenters. The van der Waals surface area contributed by atoms with Gasteiger partial charge >= 0.3 is 0 Å². The highest BCUT2D eigenvalue weighted by Crippen LogP contribution is 2.30. The zero-order chi connectivity index (χ0) is 23.6. The van der Waals surface area contributed by atoms with Gasteiger partial charge in [-0.1, -0.05) is 0 Å². The van der Waals surface area contributed by atoms with E-state index in [0.717, 1.165) is 12.1 Å². The minimum Gasteiger partial charge on any atom is -0.462 e. The molecule has 180 valence electrons. The molecule has 2 aliphatic rings. The monoisotopic (exact) mass is 463 g/mol. The van der Waals surface area contributed by atoms with E-state index >= 15 is 0 Å². The van der Waals surface area contributed by atoms with Crippen LogP contribution in [-0.2, 0) is 14.2 Å². The third kappa shape index (κ3) is 4.99. The molecule has 1 aromatic carbocycles. The summed E-state index contributed by atoms with van der Waals surface area (Å²) < 4.78 is 21.5. The van der Waals surface area contributed by atoms with Crippen LogP contribution in [0.5, 0.6) is 5.75 Å². The minimum atomic E-state index is -1.77. The summed E-state index contributed by atoms with van der Waals surface area (Å²) in [5.41, 5.74) is -0.191. The molecule has 2 fully saturated rings. The van der Waals surface area contributed by atoms with E-state index in [2.05, 4.69) is 0 Å². The molecule has 0 aliphatic carbocycles. The van der Waals surface area contributed by atoms with E-state index < -0.39 is 79.5 Å². The topological polar surface area (TPSA) is 222 Å². The number of nitro groups is 1. The van der Waals surface area contributed by atoms with Crippen LogP contribution >= 0.6 is 0 Å². The van der Waals surface area contributed by atoms with Crippen molar-refractivity contribution in [1.82, 2.24) is 0 Å². The molecule has 2 aliphatic heterocycles. The molecule has 0 amide bonds. The van der Waals surface area contributed by atoms with Gasteiger partial charge in [-0.15, -0.1) is 0 Å². The highest BCUT2D eigenvalue weighted by molar-refractivity contribution is 5.36. The molecular weight excluding hydrogens is 438 g/mol. The Hall–Kier alpha value is -1.98. The van der Waals surface area contributed by atoms with Gasteiger partial charge in [-0.25, -0.2) is 0 Å². The average Bonchev–Trinajstić information content (AvgIpc) is 2.79. The quantitative estimate of drug-likeness (QED) is 0.155. The van der Waals surface area contributed by atoms with Crippen molar-refractivity contribution in [2.45, 2.75) is 61.4 Å². The molecule has 7 N–H and O–H groups in total. The lowest BCUT2D eigenvalue weighted by molar-refractivity contribution is -0.384. The van der Waals surface area contributed by atoms with Crippen LogP contribution in [0.3, 0.4) is 0 Å². The van der Waals surface area contributed by atoms with E-state index in [1.807, 2.05) is 0 Å². The summed E-state index contributed by atoms with van der Waals surface area (Å²) in [6.07, 6.45) is -15.7. The Labute approximate surface area is 180 Å². The zero-order valence-electron chi connectivity index (χ0n) is 16.5. The number of nitro benzene ring substituents is 1. The molecule has 10 atom stereocenters. The first-order valence-corrected chi connectivity index (χ1v) is 9.67. The second kappa shape index (κ2) is 10.3. The Morgan fingerprint density at radius 3 is 1.94 bits per heavy atom. The Balaban J connectivity index is 1.70. The zero-order valence-corrected chi connectivity index (χ0v) is 16.5. The number of ether oxygens (including phenoxy) is 4. The lowest BCUT2D eigenvalue weighted by Crippen LogP contribution is -2.65. The summed E-state index contributed by atoms with van der Waals surface area (Å²) in [7, 11) is 0. The number of non-ortho nitro benzene ring substituents is 1. The lowest BCUT2D eigenvalue weighted by Gasteiger charge is -2.45. The maximum absolute atomic E-state index is 10.7. The average molecular weight is 463 g/mol. The van der Waals surface area contributed by atoms with E-state index in [1.54, 1.807) is 0 Å². The van der Waals surface area contributed by atoms with Crippen LogP contribution in [0.2, 0.25) is 0 Å². The summed E-state index contributed by atoms with van der Waals surface area (Å²) in [6.45, 7) is -1.42. The SMILES string of the molecule is O=[N+]([O-])c1ccc(O[C@H]2O[C@@H](CO)[C@H](O[C@@H]3O[C@@H](CO)[C@H](O)[C@@H](O)[C@H]3O)[C@@H](O)[C@H]2O)cc1. The van der Waals surface area contributed by atoms with Crippen molar-refractivity contribution >= 4 is 5.69 Å². The van der Waals surface area contributed by atoms with Gasteiger partial charge in [-0.3, -0.25) is 10.1 Å². The Morgan fingerprint density at radius 1 is 0.812 bits per heavy atom. The van der Waals surface area contributed by atoms with E-state index in [4.69, 9.17) is 18.9 Å². The summed E-state index contributed by atoms with van der Waals surface area (Å²) in [4.78, 5) is 10.1. The van der Waals surface area contributed by atoms with E-state index in [9.17, 15) is 45.9 Å². The molecule has 1 aromatic rings. The summed E-state index contributed by atoms with van der Waals surface area (Å²) in [5.74, 6) is 0.0804. The van der Waals surface area contributed by atoms with Gasteiger partial charge in [0, 0.05) is 12.1 Å². The van der Waals surface area contributed by atoms with Crippen LogP contribution in [-0.4, -0.2) is 115 Å². The fourth-order valence-electron chi connectivity index (χ4n) is 3.43. The standard InChI is InChI=1S/C18H25NO13/c20-5-9-11(22)12(23)14(25)18(30-9)32-16-10(6-21)31-17(15(26)13(16)24)29-8-3-1-7(2-4-8)19(27)28/h1-4,9-18,20-26H,5-6H2/t9-,10-,11-,12+,13-,14+,15+,16-,17-,18-/m0/s1. The van der Waals surface area contributed by atoms with Crippen LogP contribution in [0.4, 0.5) is 5.69 Å². The van der Waals surface area contributed by atoms with E-state index in [1.165, 1.54) is 12.1 Å². The second-order valence-electron chi connectivity index (χ2n) is 7.37. The fourth-order valence-corrected chi connectivity index (χ4v) is 3.43. The first-order chi connectivity index (χ1) is 15.2. The van der Waals surface area contributed by atoms with Crippen LogP contribution in [0.25, 0.3) is 0 Å². The van der Waals surface area contributed by atoms with Gasteiger partial charge in [0.05, 0.1) is 18.1 Å². The molecule has 2 saturated heterocycles. The predicted molar refractivity (Wildman–Crippen MR) is 100 cm³/mol. The summed E-state index contributed by atoms with van der Waals surface area (Å²) >= 11 is 0. The highest BCUT2D eigenvalue weighted by atomic mass is 16.7. The Morgan fingerprint density at radius 2 is 1.38 bits per heavy atom. The van der Waals surface area contributed by atoms with Crippen molar-refractivity contribution in [2.75, 3.05) is 13.2 Å². The number of aliphatic hydroxyl groups is 7. The van der Waals surface area contributed by atoms with Crippen LogP contribution in [0.1, 0.15) is 0 Å². The molecule has 0 aromatic heterocycles. The summed E-state index contributed by atoms with van der Waals surface area (Å²) in [5, 5.41) is 80.4. The first-order valence-electron chi connectivity index (χ1n) is 9.67. The number of hydrogen-bond donors (Lipinski definition) is 7. The molecular formula is C18H25NO13. The normalized spacial score (nSPS) is 40.1. The molecule has 3 rings (SSSR count). The maximum atomic E-state index is 10.7. The van der Waals surface area contributed by atoms with Crippen molar-refractivity contribution in [3.63, 3.8) is 0 Å². The number of rotatable bonds is 7. The number of hydrogen-bond acceptors (Lipinski definition) is 13. The maximum Gasteiger partial charge on any atom is 0.269 e. The van der Waals surface area contributed by atoms with Gasteiger partial charge in [-0.2, -0.15) is 0 Å². The fraction of sp³-hybridized carbons (Fsp3) is 0.667. The molecule has 32 heavy (non-hydrogen) atoms.